The van der Waals surface area contributed by atoms with Crippen LogP contribution in [-0.2, 0) is 6.42 Å². The highest BCUT2D eigenvalue weighted by Crippen LogP contribution is 2.10. The first kappa shape index (κ1) is 14.8. The maximum Gasteiger partial charge on any atom is 0.251 e. The number of nitrogens with one attached hydrogen (secondary N) is 2. The molecule has 1 heterocycles. The standard InChI is InChI=1S/C16H18N4O/c1-12-9-14(5-4-13(12)3-2-7-17)16(21)19-8-6-15-10-18-11-20-15/h4-5,9-11H,6-8,17H2,1H3,(H,18,20)(H,19,21). The zero-order valence-electron chi connectivity index (χ0n) is 11.9. The average Bonchev–Trinajstić information content (AvgIpc) is 2.99. The molecule has 0 bridgehead atoms. The lowest BCUT2D eigenvalue weighted by atomic mass is 10.0. The lowest BCUT2D eigenvalue weighted by Crippen LogP contribution is -2.25. The Kier molecular flexibility index (Phi) is 5.13. The van der Waals surface area contributed by atoms with Gasteiger partial charge in [0.15, 0.2) is 0 Å². The number of hydrogen-bond acceptors (Lipinski definition) is 3. The van der Waals surface area contributed by atoms with Gasteiger partial charge in [-0.2, -0.15) is 0 Å². The fraction of sp³-hybridized carbons (Fsp3) is 0.250. The van der Waals surface area contributed by atoms with Crippen molar-refractivity contribution in [1.29, 1.82) is 0 Å². The first-order chi connectivity index (χ1) is 10.2. The molecule has 21 heavy (non-hydrogen) atoms. The van der Waals surface area contributed by atoms with Crippen LogP contribution in [0.25, 0.3) is 0 Å². The summed E-state index contributed by atoms with van der Waals surface area (Å²) < 4.78 is 0. The highest BCUT2D eigenvalue weighted by atomic mass is 16.1. The van der Waals surface area contributed by atoms with Gasteiger partial charge in [0.2, 0.25) is 0 Å². The molecule has 1 amide bonds. The van der Waals surface area contributed by atoms with Crippen LogP contribution in [0, 0.1) is 18.8 Å². The van der Waals surface area contributed by atoms with E-state index in [9.17, 15) is 4.79 Å². The number of rotatable bonds is 4. The second-order valence-corrected chi connectivity index (χ2v) is 4.62. The van der Waals surface area contributed by atoms with Crippen molar-refractivity contribution in [2.75, 3.05) is 13.1 Å². The van der Waals surface area contributed by atoms with E-state index in [0.717, 1.165) is 23.2 Å². The number of nitrogens with zero attached hydrogens (tertiary/aromatic N) is 1. The quantitative estimate of drug-likeness (QED) is 0.732. The third-order valence-electron chi connectivity index (χ3n) is 3.05. The number of carbonyl (C=O) groups is 1. The molecule has 0 saturated carbocycles. The SMILES string of the molecule is Cc1cc(C(=O)NCCc2cnc[nH]2)ccc1C#CCN. The number of carbonyl (C=O) groups excluding carboxylic acids is 1. The molecule has 108 valence electrons. The van der Waals surface area contributed by atoms with Crippen LogP contribution in [0.1, 0.15) is 27.2 Å². The maximum absolute atomic E-state index is 12.1. The molecule has 0 radical (unpaired) electrons. The number of benzene rings is 1. The maximum atomic E-state index is 12.1. The number of amides is 1. The third-order valence-corrected chi connectivity index (χ3v) is 3.05. The van der Waals surface area contributed by atoms with Crippen LogP contribution < -0.4 is 11.1 Å². The van der Waals surface area contributed by atoms with Crippen molar-refractivity contribution in [2.45, 2.75) is 13.3 Å². The van der Waals surface area contributed by atoms with Crippen LogP contribution in [0.15, 0.2) is 30.7 Å². The predicted octanol–water partition coefficient (Wildman–Crippen LogP) is 1.00. The zero-order chi connectivity index (χ0) is 15.1. The normalized spacial score (nSPS) is 9.81. The molecule has 4 N–H and O–H groups in total. The Balaban J connectivity index is 1.94. The Bertz CT molecular complexity index is 665. The molecule has 0 atom stereocenters. The van der Waals surface area contributed by atoms with Gasteiger partial charge in [0.05, 0.1) is 12.9 Å². The summed E-state index contributed by atoms with van der Waals surface area (Å²) in [7, 11) is 0. The average molecular weight is 282 g/mol. The highest BCUT2D eigenvalue weighted by Gasteiger charge is 2.06. The minimum atomic E-state index is -0.0871. The van der Waals surface area contributed by atoms with Crippen LogP contribution in [-0.4, -0.2) is 29.0 Å². The number of H-pyrrole nitrogens is 1. The Hall–Kier alpha value is -2.58. The molecular weight excluding hydrogens is 264 g/mol. The highest BCUT2D eigenvalue weighted by molar-refractivity contribution is 5.94. The number of nitrogens with two attached hydrogens (primary N) is 1. The van der Waals surface area contributed by atoms with Crippen molar-refractivity contribution in [1.82, 2.24) is 15.3 Å². The molecule has 2 rings (SSSR count). The smallest absolute Gasteiger partial charge is 0.251 e. The minimum Gasteiger partial charge on any atom is -0.352 e. The summed E-state index contributed by atoms with van der Waals surface area (Å²) in [6.07, 6.45) is 4.10. The topological polar surface area (TPSA) is 83.8 Å². The van der Waals surface area contributed by atoms with Crippen LogP contribution in [0.3, 0.4) is 0 Å². The van der Waals surface area contributed by atoms with Gasteiger partial charge in [-0.05, 0) is 30.7 Å². The van der Waals surface area contributed by atoms with E-state index in [2.05, 4.69) is 27.1 Å². The van der Waals surface area contributed by atoms with E-state index < -0.39 is 0 Å². The Morgan fingerprint density at radius 1 is 1.48 bits per heavy atom. The first-order valence-corrected chi connectivity index (χ1v) is 6.75. The number of imidazole rings is 1. The zero-order valence-corrected chi connectivity index (χ0v) is 11.9. The molecule has 0 aliphatic rings. The summed E-state index contributed by atoms with van der Waals surface area (Å²) >= 11 is 0. The van der Waals surface area contributed by atoms with Gasteiger partial charge in [-0.3, -0.25) is 4.79 Å². The van der Waals surface area contributed by atoms with Crippen LogP contribution >= 0.6 is 0 Å². The molecular formula is C16H18N4O. The van der Waals surface area contributed by atoms with E-state index in [0.29, 0.717) is 18.7 Å². The fourth-order valence-electron chi connectivity index (χ4n) is 1.93. The number of hydrogen-bond donors (Lipinski definition) is 3. The molecule has 1 aromatic heterocycles. The second kappa shape index (κ2) is 7.27. The summed E-state index contributed by atoms with van der Waals surface area (Å²) in [5, 5.41) is 2.88. The van der Waals surface area contributed by atoms with Crippen LogP contribution in [0.4, 0.5) is 0 Å². The van der Waals surface area contributed by atoms with Crippen molar-refractivity contribution in [3.05, 3.63) is 53.1 Å². The number of aromatic nitrogens is 2. The molecule has 5 heteroatoms. The summed E-state index contributed by atoms with van der Waals surface area (Å²) in [6, 6.07) is 5.47. The van der Waals surface area contributed by atoms with E-state index in [1.165, 1.54) is 0 Å². The summed E-state index contributed by atoms with van der Waals surface area (Å²) in [5.74, 6) is 5.71. The Labute approximate surface area is 124 Å². The molecule has 0 unspecified atom stereocenters. The number of aromatic amines is 1. The summed E-state index contributed by atoms with van der Waals surface area (Å²) in [4.78, 5) is 19.0. The van der Waals surface area contributed by atoms with Crippen molar-refractivity contribution in [3.8, 4) is 11.8 Å². The summed E-state index contributed by atoms with van der Waals surface area (Å²) in [5.41, 5.74) is 8.86. The number of aryl methyl sites for hydroxylation is 1. The minimum absolute atomic E-state index is 0.0871. The second-order valence-electron chi connectivity index (χ2n) is 4.62. The van der Waals surface area contributed by atoms with Gasteiger partial charge >= 0.3 is 0 Å². The van der Waals surface area contributed by atoms with E-state index in [-0.39, 0.29) is 5.91 Å². The van der Waals surface area contributed by atoms with Gasteiger partial charge in [-0.25, -0.2) is 4.98 Å². The van der Waals surface area contributed by atoms with Gasteiger partial charge in [0.25, 0.3) is 5.91 Å². The monoisotopic (exact) mass is 282 g/mol. The van der Waals surface area contributed by atoms with E-state index >= 15 is 0 Å². The van der Waals surface area contributed by atoms with Crippen molar-refractivity contribution < 1.29 is 4.79 Å². The first-order valence-electron chi connectivity index (χ1n) is 6.75. The van der Waals surface area contributed by atoms with Crippen LogP contribution in [0.5, 0.6) is 0 Å². The van der Waals surface area contributed by atoms with E-state index in [1.54, 1.807) is 18.6 Å². The molecule has 2 aromatic rings. The molecule has 0 fully saturated rings. The summed E-state index contributed by atoms with van der Waals surface area (Å²) in [6.45, 7) is 2.83. The molecule has 5 nitrogen and oxygen atoms in total. The van der Waals surface area contributed by atoms with E-state index in [4.69, 9.17) is 5.73 Å². The van der Waals surface area contributed by atoms with Crippen molar-refractivity contribution in [2.24, 2.45) is 5.73 Å². The predicted molar refractivity (Wildman–Crippen MR) is 81.7 cm³/mol. The lowest BCUT2D eigenvalue weighted by molar-refractivity contribution is 0.0954. The van der Waals surface area contributed by atoms with Crippen molar-refractivity contribution in [3.63, 3.8) is 0 Å². The largest absolute Gasteiger partial charge is 0.352 e. The molecule has 0 saturated heterocycles. The van der Waals surface area contributed by atoms with Crippen molar-refractivity contribution >= 4 is 5.91 Å². The van der Waals surface area contributed by atoms with E-state index in [1.807, 2.05) is 19.1 Å². The molecule has 0 aliphatic carbocycles. The lowest BCUT2D eigenvalue weighted by Gasteiger charge is -2.06. The Morgan fingerprint density at radius 3 is 3.00 bits per heavy atom. The van der Waals surface area contributed by atoms with Gasteiger partial charge < -0.3 is 16.0 Å². The van der Waals surface area contributed by atoms with Gasteiger partial charge in [0.1, 0.15) is 0 Å². The van der Waals surface area contributed by atoms with Gasteiger partial charge in [-0.15, -0.1) is 0 Å². The fourth-order valence-corrected chi connectivity index (χ4v) is 1.93. The third kappa shape index (κ3) is 4.20. The molecule has 1 aromatic carbocycles. The Morgan fingerprint density at radius 2 is 2.33 bits per heavy atom. The molecule has 0 spiro atoms. The molecule has 0 aliphatic heterocycles. The van der Waals surface area contributed by atoms with Gasteiger partial charge in [-0.1, -0.05) is 11.8 Å². The van der Waals surface area contributed by atoms with Gasteiger partial charge in [0, 0.05) is 36.0 Å². The van der Waals surface area contributed by atoms with Crippen LogP contribution in [0.2, 0.25) is 0 Å².